The maximum absolute atomic E-state index is 10.3. The summed E-state index contributed by atoms with van der Waals surface area (Å²) in [6, 6.07) is 0. The molecule has 0 aromatic carbocycles. The number of piperidine rings is 1. The van der Waals surface area contributed by atoms with Crippen LogP contribution in [0, 0.1) is 17.3 Å². The monoisotopic (exact) mass is 239 g/mol. The van der Waals surface area contributed by atoms with E-state index in [9.17, 15) is 5.11 Å². The molecule has 1 heterocycles. The molecule has 2 nitrogen and oxygen atoms in total. The van der Waals surface area contributed by atoms with Crippen molar-refractivity contribution in [2.45, 2.75) is 59.0 Å². The second kappa shape index (κ2) is 5.27. The highest BCUT2D eigenvalue weighted by Gasteiger charge is 2.41. The highest BCUT2D eigenvalue weighted by molar-refractivity contribution is 4.92. The Morgan fingerprint density at radius 1 is 1.29 bits per heavy atom. The zero-order valence-corrected chi connectivity index (χ0v) is 11.8. The summed E-state index contributed by atoms with van der Waals surface area (Å²) >= 11 is 0. The van der Waals surface area contributed by atoms with Crippen molar-refractivity contribution in [1.29, 1.82) is 0 Å². The lowest BCUT2D eigenvalue weighted by Crippen LogP contribution is -2.41. The molecular weight excluding hydrogens is 210 g/mol. The third-order valence-electron chi connectivity index (χ3n) is 5.08. The molecule has 0 amide bonds. The van der Waals surface area contributed by atoms with E-state index in [1.807, 2.05) is 0 Å². The Hall–Kier alpha value is -0.0800. The molecule has 100 valence electrons. The van der Waals surface area contributed by atoms with Gasteiger partial charge in [-0.1, -0.05) is 27.2 Å². The van der Waals surface area contributed by atoms with Crippen molar-refractivity contribution in [3.05, 3.63) is 0 Å². The second-order valence-electron chi connectivity index (χ2n) is 6.91. The molecule has 1 aliphatic heterocycles. The van der Waals surface area contributed by atoms with Crippen molar-refractivity contribution in [1.82, 2.24) is 4.90 Å². The molecule has 17 heavy (non-hydrogen) atoms. The quantitative estimate of drug-likeness (QED) is 0.818. The Balaban J connectivity index is 1.85. The molecule has 0 radical (unpaired) electrons. The van der Waals surface area contributed by atoms with Gasteiger partial charge in [0.05, 0.1) is 6.10 Å². The standard InChI is InChI=1S/C15H29NO/c1-4-12-6-5-9-16(10-12)11-13-7-8-15(2,3)14(13)17/h12-14,17H,4-11H2,1-3H3. The molecule has 2 heteroatoms. The first-order chi connectivity index (χ1) is 8.03. The maximum atomic E-state index is 10.3. The first-order valence-electron chi connectivity index (χ1n) is 7.43. The van der Waals surface area contributed by atoms with Crippen LogP contribution in [0.15, 0.2) is 0 Å². The zero-order valence-electron chi connectivity index (χ0n) is 11.8. The summed E-state index contributed by atoms with van der Waals surface area (Å²) in [5, 5.41) is 10.3. The molecule has 0 aromatic rings. The van der Waals surface area contributed by atoms with E-state index in [2.05, 4.69) is 25.7 Å². The highest BCUT2D eigenvalue weighted by Crippen LogP contribution is 2.41. The van der Waals surface area contributed by atoms with E-state index in [0.29, 0.717) is 5.92 Å². The van der Waals surface area contributed by atoms with Gasteiger partial charge in [0.1, 0.15) is 0 Å². The van der Waals surface area contributed by atoms with E-state index in [1.165, 1.54) is 45.2 Å². The van der Waals surface area contributed by atoms with Crippen LogP contribution in [0.5, 0.6) is 0 Å². The number of hydrogen-bond donors (Lipinski definition) is 1. The van der Waals surface area contributed by atoms with E-state index in [0.717, 1.165) is 12.5 Å². The number of likely N-dealkylation sites (tertiary alicyclic amines) is 1. The van der Waals surface area contributed by atoms with Gasteiger partial charge >= 0.3 is 0 Å². The van der Waals surface area contributed by atoms with Crippen LogP contribution in [0.25, 0.3) is 0 Å². The summed E-state index contributed by atoms with van der Waals surface area (Å²) in [7, 11) is 0. The Morgan fingerprint density at radius 3 is 2.65 bits per heavy atom. The summed E-state index contributed by atoms with van der Waals surface area (Å²) < 4.78 is 0. The van der Waals surface area contributed by atoms with Crippen LogP contribution in [-0.2, 0) is 0 Å². The largest absolute Gasteiger partial charge is 0.392 e. The molecule has 1 saturated heterocycles. The molecule has 0 bridgehead atoms. The first-order valence-corrected chi connectivity index (χ1v) is 7.43. The third-order valence-corrected chi connectivity index (χ3v) is 5.08. The van der Waals surface area contributed by atoms with Gasteiger partial charge in [-0.3, -0.25) is 0 Å². The summed E-state index contributed by atoms with van der Waals surface area (Å²) in [5.74, 6) is 1.41. The molecular formula is C15H29NO. The van der Waals surface area contributed by atoms with E-state index in [-0.39, 0.29) is 11.5 Å². The van der Waals surface area contributed by atoms with E-state index in [4.69, 9.17) is 0 Å². The van der Waals surface area contributed by atoms with Crippen LogP contribution >= 0.6 is 0 Å². The van der Waals surface area contributed by atoms with Crippen molar-refractivity contribution in [3.63, 3.8) is 0 Å². The van der Waals surface area contributed by atoms with Crippen molar-refractivity contribution >= 4 is 0 Å². The predicted molar refractivity (Wildman–Crippen MR) is 72.0 cm³/mol. The van der Waals surface area contributed by atoms with E-state index >= 15 is 0 Å². The van der Waals surface area contributed by atoms with Crippen LogP contribution in [0.2, 0.25) is 0 Å². The van der Waals surface area contributed by atoms with Crippen molar-refractivity contribution in [2.24, 2.45) is 17.3 Å². The number of aliphatic hydroxyl groups is 1. The lowest BCUT2D eigenvalue weighted by atomic mass is 9.87. The molecule has 3 atom stereocenters. The average molecular weight is 239 g/mol. The normalized spacial score (nSPS) is 38.5. The minimum atomic E-state index is -0.0931. The summed E-state index contributed by atoms with van der Waals surface area (Å²) in [4.78, 5) is 2.60. The van der Waals surface area contributed by atoms with Crippen molar-refractivity contribution in [2.75, 3.05) is 19.6 Å². The Bertz CT molecular complexity index is 251. The summed E-state index contributed by atoms with van der Waals surface area (Å²) in [5.41, 5.74) is 0.143. The number of aliphatic hydroxyl groups excluding tert-OH is 1. The molecule has 1 N–H and O–H groups in total. The van der Waals surface area contributed by atoms with E-state index < -0.39 is 0 Å². The van der Waals surface area contributed by atoms with Gasteiger partial charge in [0.25, 0.3) is 0 Å². The zero-order chi connectivity index (χ0) is 12.5. The lowest BCUT2D eigenvalue weighted by Gasteiger charge is -2.35. The molecule has 2 fully saturated rings. The molecule has 1 aliphatic carbocycles. The Morgan fingerprint density at radius 2 is 2.06 bits per heavy atom. The number of nitrogens with zero attached hydrogens (tertiary/aromatic N) is 1. The molecule has 0 spiro atoms. The van der Waals surface area contributed by atoms with Crippen LogP contribution in [0.3, 0.4) is 0 Å². The van der Waals surface area contributed by atoms with Crippen LogP contribution in [0.4, 0.5) is 0 Å². The van der Waals surface area contributed by atoms with Gasteiger partial charge in [-0.25, -0.2) is 0 Å². The molecule has 3 unspecified atom stereocenters. The molecule has 2 rings (SSSR count). The Labute approximate surface area is 106 Å². The van der Waals surface area contributed by atoms with Crippen molar-refractivity contribution in [3.8, 4) is 0 Å². The van der Waals surface area contributed by atoms with Crippen LogP contribution < -0.4 is 0 Å². The fraction of sp³-hybridized carbons (Fsp3) is 1.00. The lowest BCUT2D eigenvalue weighted by molar-refractivity contribution is 0.0263. The minimum Gasteiger partial charge on any atom is -0.392 e. The number of rotatable bonds is 3. The van der Waals surface area contributed by atoms with Gasteiger partial charge < -0.3 is 10.0 Å². The second-order valence-corrected chi connectivity index (χ2v) is 6.91. The first kappa shape index (κ1) is 13.4. The SMILES string of the molecule is CCC1CCCN(CC2CCC(C)(C)C2O)C1. The minimum absolute atomic E-state index is 0.0931. The van der Waals surface area contributed by atoms with Crippen LogP contribution in [-0.4, -0.2) is 35.7 Å². The maximum Gasteiger partial charge on any atom is 0.0631 e. The fourth-order valence-electron chi connectivity index (χ4n) is 3.67. The molecule has 0 aromatic heterocycles. The van der Waals surface area contributed by atoms with Crippen molar-refractivity contribution < 1.29 is 5.11 Å². The Kier molecular flexibility index (Phi) is 4.14. The topological polar surface area (TPSA) is 23.5 Å². The average Bonchev–Trinajstić information content (AvgIpc) is 2.57. The third kappa shape index (κ3) is 3.03. The fourth-order valence-corrected chi connectivity index (χ4v) is 3.67. The van der Waals surface area contributed by atoms with Gasteiger partial charge in [0, 0.05) is 13.1 Å². The smallest absolute Gasteiger partial charge is 0.0631 e. The van der Waals surface area contributed by atoms with Gasteiger partial charge in [0.15, 0.2) is 0 Å². The number of hydrogen-bond acceptors (Lipinski definition) is 2. The summed E-state index contributed by atoms with van der Waals surface area (Å²) in [6.45, 7) is 10.4. The van der Waals surface area contributed by atoms with Gasteiger partial charge in [-0.05, 0) is 49.5 Å². The van der Waals surface area contributed by atoms with Gasteiger partial charge in [-0.2, -0.15) is 0 Å². The molecule has 1 saturated carbocycles. The molecule has 2 aliphatic rings. The van der Waals surface area contributed by atoms with Gasteiger partial charge in [-0.15, -0.1) is 0 Å². The predicted octanol–water partition coefficient (Wildman–Crippen LogP) is 2.91. The highest BCUT2D eigenvalue weighted by atomic mass is 16.3. The van der Waals surface area contributed by atoms with Crippen LogP contribution in [0.1, 0.15) is 52.9 Å². The summed E-state index contributed by atoms with van der Waals surface area (Å²) in [6.07, 6.45) is 6.38. The van der Waals surface area contributed by atoms with Gasteiger partial charge in [0.2, 0.25) is 0 Å². The van der Waals surface area contributed by atoms with E-state index in [1.54, 1.807) is 0 Å².